The molecule has 0 radical (unpaired) electrons. The van der Waals surface area contributed by atoms with Gasteiger partial charge in [0.1, 0.15) is 0 Å². The van der Waals surface area contributed by atoms with Gasteiger partial charge in [0.15, 0.2) is 0 Å². The molecule has 2 aliphatic heterocycles. The molecule has 2 heterocycles. The summed E-state index contributed by atoms with van der Waals surface area (Å²) in [5.41, 5.74) is 2.83. The minimum atomic E-state index is -0.115. The number of rotatable bonds is 4. The third-order valence-electron chi connectivity index (χ3n) is 8.36. The number of carbonyl (C=O) groups is 2. The van der Waals surface area contributed by atoms with Crippen molar-refractivity contribution in [3.8, 4) is 0 Å². The summed E-state index contributed by atoms with van der Waals surface area (Å²) in [7, 11) is 0. The van der Waals surface area contributed by atoms with E-state index in [0.29, 0.717) is 17.7 Å². The van der Waals surface area contributed by atoms with E-state index < -0.39 is 0 Å². The molecule has 4 saturated carbocycles. The maximum absolute atomic E-state index is 13.1. The molecule has 1 aromatic rings. The Bertz CT molecular complexity index is 822. The number of carbonyl (C=O) groups excluding carboxylic acids is 2. The van der Waals surface area contributed by atoms with Gasteiger partial charge in [0.25, 0.3) is 11.8 Å². The van der Waals surface area contributed by atoms with Crippen LogP contribution in [0.4, 0.5) is 0 Å². The molecule has 0 spiro atoms. The third kappa shape index (κ3) is 2.89. The fraction of sp³-hybridized carbons (Fsp3) is 0.667. The zero-order chi connectivity index (χ0) is 19.6. The summed E-state index contributed by atoms with van der Waals surface area (Å²) in [5, 5.41) is 0. The van der Waals surface area contributed by atoms with Crippen LogP contribution in [-0.4, -0.2) is 61.0 Å². The van der Waals surface area contributed by atoms with Gasteiger partial charge in [0.05, 0.1) is 24.3 Å². The molecule has 29 heavy (non-hydrogen) atoms. The number of benzene rings is 1. The molecule has 4 bridgehead atoms. The molecule has 7 rings (SSSR count). The number of amides is 2. The van der Waals surface area contributed by atoms with Crippen LogP contribution >= 0.6 is 0 Å². The van der Waals surface area contributed by atoms with Crippen LogP contribution < -0.4 is 0 Å². The van der Waals surface area contributed by atoms with Crippen LogP contribution in [0.3, 0.4) is 0 Å². The van der Waals surface area contributed by atoms with Crippen molar-refractivity contribution in [1.82, 2.24) is 9.80 Å². The predicted molar refractivity (Wildman–Crippen MR) is 109 cm³/mol. The highest BCUT2D eigenvalue weighted by Gasteiger charge is 2.52. The van der Waals surface area contributed by atoms with Crippen molar-refractivity contribution >= 4 is 11.8 Å². The molecule has 2 amide bonds. The van der Waals surface area contributed by atoms with Crippen LogP contribution in [0.1, 0.15) is 64.8 Å². The number of ether oxygens (including phenoxy) is 1. The average Bonchev–Trinajstić information content (AvgIpc) is 2.96. The van der Waals surface area contributed by atoms with Crippen molar-refractivity contribution in [3.63, 3.8) is 0 Å². The van der Waals surface area contributed by atoms with Gasteiger partial charge in [-0.15, -0.1) is 0 Å². The Hall–Kier alpha value is -1.72. The van der Waals surface area contributed by atoms with Gasteiger partial charge in [0.2, 0.25) is 0 Å². The molecule has 6 aliphatic rings. The minimum Gasteiger partial charge on any atom is -0.379 e. The van der Waals surface area contributed by atoms with Gasteiger partial charge in [-0.2, -0.15) is 0 Å². The Morgan fingerprint density at radius 1 is 0.862 bits per heavy atom. The number of nitrogens with zero attached hydrogens (tertiary/aromatic N) is 2. The topological polar surface area (TPSA) is 49.9 Å². The maximum Gasteiger partial charge on any atom is 0.261 e. The van der Waals surface area contributed by atoms with Crippen LogP contribution in [0.2, 0.25) is 0 Å². The minimum absolute atomic E-state index is 0.0927. The van der Waals surface area contributed by atoms with Crippen LogP contribution in [0.25, 0.3) is 0 Å². The lowest BCUT2D eigenvalue weighted by molar-refractivity contribution is -0.00520. The van der Waals surface area contributed by atoms with Gasteiger partial charge in [-0.1, -0.05) is 6.07 Å². The van der Waals surface area contributed by atoms with E-state index in [1.165, 1.54) is 49.0 Å². The quantitative estimate of drug-likeness (QED) is 0.737. The largest absolute Gasteiger partial charge is 0.379 e. The zero-order valence-electron chi connectivity index (χ0n) is 17.1. The molecule has 5 fully saturated rings. The highest BCUT2D eigenvalue weighted by molar-refractivity contribution is 6.21. The summed E-state index contributed by atoms with van der Waals surface area (Å²) in [4.78, 5) is 29.8. The van der Waals surface area contributed by atoms with E-state index in [1.807, 2.05) is 6.07 Å². The fourth-order valence-electron chi connectivity index (χ4n) is 7.35. The predicted octanol–water partition coefficient (Wildman–Crippen LogP) is 3.08. The lowest BCUT2D eigenvalue weighted by Gasteiger charge is -2.57. The SMILES string of the molecule is O=C1c2ccc(C34CC5CC(CC(C5)C3)C4)cc2C(=O)N1CCN1CCOCC1. The number of imide groups is 1. The van der Waals surface area contributed by atoms with Crippen molar-refractivity contribution in [2.75, 3.05) is 39.4 Å². The Morgan fingerprint density at radius 2 is 1.48 bits per heavy atom. The first kappa shape index (κ1) is 18.1. The van der Waals surface area contributed by atoms with Gasteiger partial charge in [-0.25, -0.2) is 0 Å². The van der Waals surface area contributed by atoms with Gasteiger partial charge < -0.3 is 4.74 Å². The van der Waals surface area contributed by atoms with E-state index in [1.54, 1.807) is 0 Å². The van der Waals surface area contributed by atoms with Crippen LogP contribution in [0, 0.1) is 17.8 Å². The van der Waals surface area contributed by atoms with Crippen molar-refractivity contribution < 1.29 is 14.3 Å². The standard InChI is InChI=1S/C24H30N2O3/c27-22-20-2-1-19(24-13-16-9-17(14-24)11-18(10-16)15-24)12-21(20)23(28)26(22)4-3-25-5-7-29-8-6-25/h1-2,12,16-18H,3-11,13-15H2. The second kappa shape index (κ2) is 6.64. The number of fused-ring (bicyclic) bond motifs is 1. The maximum atomic E-state index is 13.1. The van der Waals surface area contributed by atoms with Crippen LogP contribution in [-0.2, 0) is 10.2 Å². The van der Waals surface area contributed by atoms with E-state index >= 15 is 0 Å². The number of hydrogen-bond acceptors (Lipinski definition) is 4. The lowest BCUT2D eigenvalue weighted by atomic mass is 9.48. The molecule has 4 aliphatic carbocycles. The molecule has 1 saturated heterocycles. The van der Waals surface area contributed by atoms with Crippen molar-refractivity contribution in [2.45, 2.75) is 43.9 Å². The van der Waals surface area contributed by atoms with E-state index in [2.05, 4.69) is 17.0 Å². The summed E-state index contributed by atoms with van der Waals surface area (Å²) >= 11 is 0. The lowest BCUT2D eigenvalue weighted by Crippen LogP contribution is -2.48. The highest BCUT2D eigenvalue weighted by atomic mass is 16.5. The zero-order valence-corrected chi connectivity index (χ0v) is 17.1. The molecule has 0 unspecified atom stereocenters. The Kier molecular flexibility index (Phi) is 4.14. The van der Waals surface area contributed by atoms with E-state index in [-0.39, 0.29) is 17.2 Å². The van der Waals surface area contributed by atoms with E-state index in [9.17, 15) is 9.59 Å². The molecule has 1 aromatic carbocycles. The Labute approximate surface area is 172 Å². The summed E-state index contributed by atoms with van der Waals surface area (Å²) in [6, 6.07) is 6.21. The second-order valence-electron chi connectivity index (χ2n) is 10.2. The van der Waals surface area contributed by atoms with E-state index in [4.69, 9.17) is 4.74 Å². The fourth-order valence-corrected chi connectivity index (χ4v) is 7.35. The molecule has 0 aromatic heterocycles. The summed E-state index contributed by atoms with van der Waals surface area (Å²) in [6.45, 7) is 4.42. The van der Waals surface area contributed by atoms with Gasteiger partial charge in [0, 0.05) is 26.2 Å². The molecule has 0 atom stereocenters. The van der Waals surface area contributed by atoms with Gasteiger partial charge >= 0.3 is 0 Å². The Morgan fingerprint density at radius 3 is 2.14 bits per heavy atom. The number of hydrogen-bond donors (Lipinski definition) is 0. The van der Waals surface area contributed by atoms with E-state index in [0.717, 1.165) is 50.6 Å². The second-order valence-corrected chi connectivity index (χ2v) is 10.2. The molecular formula is C24H30N2O3. The molecule has 5 nitrogen and oxygen atoms in total. The summed E-state index contributed by atoms with van der Waals surface area (Å²) in [6.07, 6.45) is 8.08. The summed E-state index contributed by atoms with van der Waals surface area (Å²) in [5.74, 6) is 2.41. The van der Waals surface area contributed by atoms with Crippen LogP contribution in [0.15, 0.2) is 18.2 Å². The first-order valence-electron chi connectivity index (χ1n) is 11.4. The molecule has 0 N–H and O–H groups in total. The molecule has 5 heteroatoms. The smallest absolute Gasteiger partial charge is 0.261 e. The monoisotopic (exact) mass is 394 g/mol. The molecule has 154 valence electrons. The first-order chi connectivity index (χ1) is 14.1. The summed E-state index contributed by atoms with van der Waals surface area (Å²) < 4.78 is 5.39. The van der Waals surface area contributed by atoms with Gasteiger partial charge in [-0.05, 0) is 79.4 Å². The Balaban J connectivity index is 1.24. The third-order valence-corrected chi connectivity index (χ3v) is 8.36. The van der Waals surface area contributed by atoms with Crippen molar-refractivity contribution in [1.29, 1.82) is 0 Å². The van der Waals surface area contributed by atoms with Crippen molar-refractivity contribution in [3.05, 3.63) is 34.9 Å². The van der Waals surface area contributed by atoms with Crippen molar-refractivity contribution in [2.24, 2.45) is 17.8 Å². The first-order valence-corrected chi connectivity index (χ1v) is 11.4. The normalized spacial score (nSPS) is 36.1. The molecular weight excluding hydrogens is 364 g/mol. The highest BCUT2D eigenvalue weighted by Crippen LogP contribution is 2.60. The average molecular weight is 395 g/mol. The number of morpholine rings is 1. The van der Waals surface area contributed by atoms with Gasteiger partial charge in [-0.3, -0.25) is 19.4 Å². The van der Waals surface area contributed by atoms with Crippen LogP contribution in [0.5, 0.6) is 0 Å².